The summed E-state index contributed by atoms with van der Waals surface area (Å²) in [6.45, 7) is 0. The molecular formula is C16H11NO5. The molecule has 0 atom stereocenters. The molecule has 2 N–H and O–H groups in total. The Morgan fingerprint density at radius 2 is 1.59 bits per heavy atom. The van der Waals surface area contributed by atoms with Gasteiger partial charge < -0.3 is 10.2 Å². The maximum Gasteiger partial charge on any atom is 0.307 e. The number of phenolic OH excluding ortho intramolecular Hbond substituents is 1. The van der Waals surface area contributed by atoms with Gasteiger partial charge in [-0.1, -0.05) is 18.2 Å². The minimum atomic E-state index is -1.09. The number of fused-ring (bicyclic) bond motifs is 1. The van der Waals surface area contributed by atoms with Crippen molar-refractivity contribution < 1.29 is 24.6 Å². The molecular weight excluding hydrogens is 286 g/mol. The normalized spacial score (nSPS) is 13.4. The molecule has 2 aromatic rings. The molecule has 0 bridgehead atoms. The van der Waals surface area contributed by atoms with E-state index in [9.17, 15) is 19.5 Å². The first kappa shape index (κ1) is 13.8. The average Bonchev–Trinajstić information content (AvgIpc) is 2.73. The number of nitrogens with zero attached hydrogens (tertiary/aromatic N) is 1. The molecule has 2 amide bonds. The smallest absolute Gasteiger partial charge is 0.307 e. The molecule has 0 fully saturated rings. The number of rotatable bonds is 3. The summed E-state index contributed by atoms with van der Waals surface area (Å²) < 4.78 is 0. The number of hydrogen-bond acceptors (Lipinski definition) is 4. The van der Waals surface area contributed by atoms with Gasteiger partial charge in [0.15, 0.2) is 0 Å². The zero-order chi connectivity index (χ0) is 15.9. The Kier molecular flexibility index (Phi) is 3.14. The Labute approximate surface area is 125 Å². The summed E-state index contributed by atoms with van der Waals surface area (Å²) in [7, 11) is 0. The number of hydrogen-bond donors (Lipinski definition) is 2. The second kappa shape index (κ2) is 5.00. The monoisotopic (exact) mass is 297 g/mol. The second-order valence-electron chi connectivity index (χ2n) is 4.87. The third-order valence-electron chi connectivity index (χ3n) is 3.45. The molecule has 0 radical (unpaired) electrons. The lowest BCUT2D eigenvalue weighted by Crippen LogP contribution is -2.30. The molecule has 22 heavy (non-hydrogen) atoms. The van der Waals surface area contributed by atoms with Gasteiger partial charge in [0, 0.05) is 6.07 Å². The topological polar surface area (TPSA) is 94.9 Å². The summed E-state index contributed by atoms with van der Waals surface area (Å²) in [6.07, 6.45) is -0.358. The lowest BCUT2D eigenvalue weighted by Gasteiger charge is -2.17. The van der Waals surface area contributed by atoms with Crippen molar-refractivity contribution in [1.82, 2.24) is 0 Å². The first-order valence-corrected chi connectivity index (χ1v) is 6.50. The van der Waals surface area contributed by atoms with Crippen LogP contribution in [-0.4, -0.2) is 28.0 Å². The van der Waals surface area contributed by atoms with Crippen LogP contribution in [0.3, 0.4) is 0 Å². The second-order valence-corrected chi connectivity index (χ2v) is 4.87. The van der Waals surface area contributed by atoms with Gasteiger partial charge in [0.2, 0.25) is 0 Å². The SMILES string of the molecule is O=C(O)Cc1ccc(O)cc1N1C(=O)c2ccccc2C1=O. The Morgan fingerprint density at radius 1 is 1.00 bits per heavy atom. The van der Waals surface area contributed by atoms with Crippen molar-refractivity contribution in [3.05, 3.63) is 59.2 Å². The maximum absolute atomic E-state index is 12.4. The molecule has 1 aliphatic rings. The quantitative estimate of drug-likeness (QED) is 0.843. The first-order valence-electron chi connectivity index (χ1n) is 6.50. The standard InChI is InChI=1S/C16H11NO5/c18-10-6-5-9(7-14(19)20)13(8-10)17-15(21)11-3-1-2-4-12(11)16(17)22/h1-6,8,18H,7H2,(H,19,20). The summed E-state index contributed by atoms with van der Waals surface area (Å²) in [5, 5.41) is 18.6. The molecule has 0 spiro atoms. The number of aliphatic carboxylic acids is 1. The van der Waals surface area contributed by atoms with E-state index in [1.54, 1.807) is 12.1 Å². The van der Waals surface area contributed by atoms with Crippen LogP contribution in [0.5, 0.6) is 5.75 Å². The molecule has 6 heteroatoms. The summed E-state index contributed by atoms with van der Waals surface area (Å²) in [5.41, 5.74) is 0.891. The Hall–Kier alpha value is -3.15. The minimum Gasteiger partial charge on any atom is -0.508 e. The largest absolute Gasteiger partial charge is 0.508 e. The highest BCUT2D eigenvalue weighted by Gasteiger charge is 2.37. The van der Waals surface area contributed by atoms with Crippen LogP contribution in [0.2, 0.25) is 0 Å². The highest BCUT2D eigenvalue weighted by molar-refractivity contribution is 6.34. The number of carbonyl (C=O) groups is 3. The number of benzene rings is 2. The number of carboxylic acid groups (broad SMARTS) is 1. The Morgan fingerprint density at radius 3 is 2.14 bits per heavy atom. The van der Waals surface area contributed by atoms with Gasteiger partial charge in [-0.3, -0.25) is 14.4 Å². The zero-order valence-electron chi connectivity index (χ0n) is 11.3. The van der Waals surface area contributed by atoms with E-state index in [0.717, 1.165) is 4.90 Å². The Bertz CT molecular complexity index is 777. The zero-order valence-corrected chi connectivity index (χ0v) is 11.3. The number of imide groups is 1. The molecule has 0 saturated heterocycles. The van der Waals surface area contributed by atoms with Crippen LogP contribution >= 0.6 is 0 Å². The van der Waals surface area contributed by atoms with Crippen LogP contribution < -0.4 is 4.90 Å². The van der Waals surface area contributed by atoms with E-state index < -0.39 is 17.8 Å². The lowest BCUT2D eigenvalue weighted by atomic mass is 10.1. The molecule has 0 aliphatic carbocycles. The number of phenols is 1. The highest BCUT2D eigenvalue weighted by atomic mass is 16.4. The third kappa shape index (κ3) is 2.10. The van der Waals surface area contributed by atoms with Gasteiger partial charge in [-0.15, -0.1) is 0 Å². The molecule has 0 unspecified atom stereocenters. The van der Waals surface area contributed by atoms with E-state index in [4.69, 9.17) is 5.11 Å². The van der Waals surface area contributed by atoms with E-state index in [0.29, 0.717) is 0 Å². The van der Waals surface area contributed by atoms with Crippen molar-refractivity contribution in [2.45, 2.75) is 6.42 Å². The van der Waals surface area contributed by atoms with Crippen molar-refractivity contribution in [3.63, 3.8) is 0 Å². The number of carboxylic acids is 1. The van der Waals surface area contributed by atoms with Gasteiger partial charge in [0.25, 0.3) is 11.8 Å². The van der Waals surface area contributed by atoms with Gasteiger partial charge in [0.1, 0.15) is 5.75 Å². The van der Waals surface area contributed by atoms with Gasteiger partial charge in [-0.2, -0.15) is 0 Å². The maximum atomic E-state index is 12.4. The van der Waals surface area contributed by atoms with Crippen LogP contribution in [0.1, 0.15) is 26.3 Å². The molecule has 1 aliphatic heterocycles. The van der Waals surface area contributed by atoms with Gasteiger partial charge in [0.05, 0.1) is 23.2 Å². The molecule has 0 saturated carbocycles. The van der Waals surface area contributed by atoms with Gasteiger partial charge >= 0.3 is 5.97 Å². The highest BCUT2D eigenvalue weighted by Crippen LogP contribution is 2.33. The summed E-state index contributed by atoms with van der Waals surface area (Å²) in [4.78, 5) is 36.7. The molecule has 3 rings (SSSR count). The van der Waals surface area contributed by atoms with E-state index >= 15 is 0 Å². The van der Waals surface area contributed by atoms with Gasteiger partial charge in [-0.25, -0.2) is 4.90 Å². The van der Waals surface area contributed by atoms with E-state index in [2.05, 4.69) is 0 Å². The van der Waals surface area contributed by atoms with Crippen LogP contribution in [0.4, 0.5) is 5.69 Å². The van der Waals surface area contributed by atoms with Crippen molar-refractivity contribution in [3.8, 4) is 5.75 Å². The number of aromatic hydroxyl groups is 1. The van der Waals surface area contributed by atoms with Crippen molar-refractivity contribution in [2.24, 2.45) is 0 Å². The van der Waals surface area contributed by atoms with E-state index in [1.165, 1.54) is 30.3 Å². The fourth-order valence-electron chi connectivity index (χ4n) is 2.48. The molecule has 110 valence electrons. The fraction of sp³-hybridized carbons (Fsp3) is 0.0625. The van der Waals surface area contributed by atoms with E-state index in [1.807, 2.05) is 0 Å². The predicted molar refractivity (Wildman–Crippen MR) is 77.0 cm³/mol. The van der Waals surface area contributed by atoms with Crippen LogP contribution in [-0.2, 0) is 11.2 Å². The lowest BCUT2D eigenvalue weighted by molar-refractivity contribution is -0.136. The molecule has 0 aromatic heterocycles. The summed E-state index contributed by atoms with van der Waals surface area (Å²) in [5.74, 6) is -2.31. The van der Waals surface area contributed by atoms with Gasteiger partial charge in [-0.05, 0) is 23.8 Å². The number of carbonyl (C=O) groups excluding carboxylic acids is 2. The molecule has 2 aromatic carbocycles. The van der Waals surface area contributed by atoms with Crippen LogP contribution in [0.25, 0.3) is 0 Å². The minimum absolute atomic E-state index is 0.0913. The third-order valence-corrected chi connectivity index (χ3v) is 3.45. The van der Waals surface area contributed by atoms with Crippen molar-refractivity contribution in [1.29, 1.82) is 0 Å². The summed E-state index contributed by atoms with van der Waals surface area (Å²) in [6, 6.07) is 10.3. The predicted octanol–water partition coefficient (Wildman–Crippen LogP) is 1.82. The number of anilines is 1. The average molecular weight is 297 g/mol. The molecule has 6 nitrogen and oxygen atoms in total. The van der Waals surface area contributed by atoms with Crippen molar-refractivity contribution in [2.75, 3.05) is 4.90 Å². The number of amides is 2. The van der Waals surface area contributed by atoms with Crippen LogP contribution in [0, 0.1) is 0 Å². The van der Waals surface area contributed by atoms with E-state index in [-0.39, 0.29) is 34.5 Å². The Balaban J connectivity index is 2.13. The summed E-state index contributed by atoms with van der Waals surface area (Å²) >= 11 is 0. The van der Waals surface area contributed by atoms with Crippen LogP contribution in [0.15, 0.2) is 42.5 Å². The van der Waals surface area contributed by atoms with Crippen molar-refractivity contribution >= 4 is 23.5 Å². The fourth-order valence-corrected chi connectivity index (χ4v) is 2.48. The molecule has 1 heterocycles. The first-order chi connectivity index (χ1) is 10.5.